The van der Waals surface area contributed by atoms with Crippen molar-refractivity contribution in [3.8, 4) is 11.5 Å². The van der Waals surface area contributed by atoms with Gasteiger partial charge in [-0.15, -0.1) is 0 Å². The Hall–Kier alpha value is -1.09. The molecule has 2 rings (SSSR count). The summed E-state index contributed by atoms with van der Waals surface area (Å²) < 4.78 is 5.82. The Balaban J connectivity index is 2.42. The third kappa shape index (κ3) is 3.47. The van der Waals surface area contributed by atoms with Crippen molar-refractivity contribution in [2.24, 2.45) is 0 Å². The number of hydrogen-bond donors (Lipinski definition) is 0. The first-order valence-corrected chi connectivity index (χ1v) is 6.70. The molecule has 5 heteroatoms. The van der Waals surface area contributed by atoms with Crippen LogP contribution in [-0.4, -0.2) is 14.1 Å². The van der Waals surface area contributed by atoms with Gasteiger partial charge in [0.15, 0.2) is 5.75 Å². The monoisotopic (exact) mass is 315 g/mol. The average Bonchev–Trinajstić information content (AvgIpc) is 2.33. The van der Waals surface area contributed by atoms with Gasteiger partial charge in [-0.3, -0.25) is 0 Å². The first-order chi connectivity index (χ1) is 8.97. The molecule has 0 aliphatic rings. The summed E-state index contributed by atoms with van der Waals surface area (Å²) in [5, 5.41) is 1.65. The maximum atomic E-state index is 6.09. The van der Waals surface area contributed by atoms with E-state index in [4.69, 9.17) is 39.5 Å². The third-order valence-electron chi connectivity index (χ3n) is 2.52. The predicted molar refractivity (Wildman–Crippen MR) is 82.3 cm³/mol. The fraction of sp³-hybridized carbons (Fsp3) is 0.143. The fourth-order valence-electron chi connectivity index (χ4n) is 1.61. The van der Waals surface area contributed by atoms with Gasteiger partial charge in [0.1, 0.15) is 5.75 Å². The third-order valence-corrected chi connectivity index (χ3v) is 3.30. The minimum absolute atomic E-state index is 0.495. The molecule has 0 bridgehead atoms. The van der Waals surface area contributed by atoms with Crippen molar-refractivity contribution in [2.45, 2.75) is 0 Å². The van der Waals surface area contributed by atoms with E-state index >= 15 is 0 Å². The lowest BCUT2D eigenvalue weighted by Gasteiger charge is -2.18. The molecule has 0 unspecified atom stereocenters. The molecule has 0 radical (unpaired) electrons. The number of halogens is 3. The Labute approximate surface area is 127 Å². The van der Waals surface area contributed by atoms with E-state index in [1.807, 2.05) is 31.1 Å². The highest BCUT2D eigenvalue weighted by molar-refractivity contribution is 6.34. The van der Waals surface area contributed by atoms with E-state index in [0.717, 1.165) is 5.69 Å². The van der Waals surface area contributed by atoms with Crippen molar-refractivity contribution >= 4 is 40.5 Å². The highest BCUT2D eigenvalue weighted by Crippen LogP contribution is 2.37. The lowest BCUT2D eigenvalue weighted by molar-refractivity contribution is 0.483. The second kappa shape index (κ2) is 5.91. The Kier molecular flexibility index (Phi) is 4.46. The summed E-state index contributed by atoms with van der Waals surface area (Å²) in [6.07, 6.45) is 0. The van der Waals surface area contributed by atoms with Gasteiger partial charge in [-0.1, -0.05) is 34.8 Å². The number of ether oxygens (including phenoxy) is 1. The predicted octanol–water partition coefficient (Wildman–Crippen LogP) is 5.51. The Morgan fingerprint density at radius 2 is 1.42 bits per heavy atom. The minimum Gasteiger partial charge on any atom is -0.454 e. The maximum Gasteiger partial charge on any atom is 0.152 e. The maximum absolute atomic E-state index is 6.09. The second-order valence-electron chi connectivity index (χ2n) is 4.18. The minimum atomic E-state index is 0.495. The summed E-state index contributed by atoms with van der Waals surface area (Å²) in [7, 11) is 3.85. The summed E-state index contributed by atoms with van der Waals surface area (Å²) in [5.74, 6) is 1.13. The van der Waals surface area contributed by atoms with Gasteiger partial charge in [0.25, 0.3) is 0 Å². The number of benzene rings is 2. The topological polar surface area (TPSA) is 12.5 Å². The zero-order valence-corrected chi connectivity index (χ0v) is 12.7. The van der Waals surface area contributed by atoms with Crippen LogP contribution in [0.2, 0.25) is 15.1 Å². The van der Waals surface area contributed by atoms with E-state index in [1.54, 1.807) is 24.3 Å². The van der Waals surface area contributed by atoms with Crippen LogP contribution in [0.5, 0.6) is 11.5 Å². The molecule has 0 atom stereocenters. The molecule has 0 saturated carbocycles. The van der Waals surface area contributed by atoms with Gasteiger partial charge in [0.2, 0.25) is 0 Å². The zero-order chi connectivity index (χ0) is 14.0. The van der Waals surface area contributed by atoms with Crippen LogP contribution in [0.4, 0.5) is 5.69 Å². The van der Waals surface area contributed by atoms with Crippen molar-refractivity contribution in [1.82, 2.24) is 0 Å². The summed E-state index contributed by atoms with van der Waals surface area (Å²) >= 11 is 18.0. The zero-order valence-electron chi connectivity index (χ0n) is 10.5. The van der Waals surface area contributed by atoms with Gasteiger partial charge in [0, 0.05) is 36.3 Å². The number of hydrogen-bond acceptors (Lipinski definition) is 2. The molecule has 2 aromatic carbocycles. The van der Waals surface area contributed by atoms with Crippen molar-refractivity contribution < 1.29 is 4.74 Å². The van der Waals surface area contributed by atoms with Crippen LogP contribution in [0.25, 0.3) is 0 Å². The Bertz CT molecular complexity index is 599. The van der Waals surface area contributed by atoms with Gasteiger partial charge in [0.05, 0.1) is 10.7 Å². The summed E-state index contributed by atoms with van der Waals surface area (Å²) in [6, 6.07) is 10.5. The number of rotatable bonds is 3. The van der Waals surface area contributed by atoms with E-state index in [9.17, 15) is 0 Å². The van der Waals surface area contributed by atoms with Gasteiger partial charge in [-0.05, 0) is 24.3 Å². The van der Waals surface area contributed by atoms with Gasteiger partial charge < -0.3 is 9.64 Å². The van der Waals surface area contributed by atoms with Crippen LogP contribution in [0.3, 0.4) is 0 Å². The molecule has 19 heavy (non-hydrogen) atoms. The molecule has 2 aromatic rings. The lowest BCUT2D eigenvalue weighted by atomic mass is 10.2. The molecular formula is C14H12Cl3NO. The second-order valence-corrected chi connectivity index (χ2v) is 5.46. The van der Waals surface area contributed by atoms with E-state index < -0.39 is 0 Å². The summed E-state index contributed by atoms with van der Waals surface area (Å²) in [5.41, 5.74) is 0.903. The van der Waals surface area contributed by atoms with E-state index in [-0.39, 0.29) is 0 Å². The van der Waals surface area contributed by atoms with Crippen molar-refractivity contribution in [1.29, 1.82) is 0 Å². The molecule has 100 valence electrons. The van der Waals surface area contributed by atoms with Crippen LogP contribution in [0, 0.1) is 0 Å². The highest BCUT2D eigenvalue weighted by Gasteiger charge is 2.10. The molecule has 0 saturated heterocycles. The van der Waals surface area contributed by atoms with Crippen LogP contribution < -0.4 is 9.64 Å². The molecule has 0 aromatic heterocycles. The molecule has 2 nitrogen and oxygen atoms in total. The molecule has 0 heterocycles. The number of anilines is 1. The van der Waals surface area contributed by atoms with Gasteiger partial charge >= 0.3 is 0 Å². The smallest absolute Gasteiger partial charge is 0.152 e. The van der Waals surface area contributed by atoms with E-state index in [2.05, 4.69) is 0 Å². The molecular weight excluding hydrogens is 305 g/mol. The first kappa shape index (κ1) is 14.3. The van der Waals surface area contributed by atoms with Crippen LogP contribution >= 0.6 is 34.8 Å². The van der Waals surface area contributed by atoms with Crippen molar-refractivity contribution in [2.75, 3.05) is 19.0 Å². The van der Waals surface area contributed by atoms with Crippen molar-refractivity contribution in [3.63, 3.8) is 0 Å². The van der Waals surface area contributed by atoms with Gasteiger partial charge in [-0.25, -0.2) is 0 Å². The SMILES string of the molecule is CN(C)c1ccc(Cl)cc1Oc1cc(Cl)ccc1Cl. The van der Waals surface area contributed by atoms with E-state index in [1.165, 1.54) is 0 Å². The largest absolute Gasteiger partial charge is 0.454 e. The standard InChI is InChI=1S/C14H12Cl3NO/c1-18(2)12-6-4-10(16)8-14(12)19-13-7-9(15)3-5-11(13)17/h3-8H,1-2H3. The first-order valence-electron chi connectivity index (χ1n) is 5.57. The Morgan fingerprint density at radius 3 is 2.05 bits per heavy atom. The summed E-state index contributed by atoms with van der Waals surface area (Å²) in [4.78, 5) is 1.93. The number of nitrogens with zero attached hydrogens (tertiary/aromatic N) is 1. The molecule has 0 amide bonds. The van der Waals surface area contributed by atoms with Crippen LogP contribution in [-0.2, 0) is 0 Å². The lowest BCUT2D eigenvalue weighted by Crippen LogP contribution is -2.09. The quantitative estimate of drug-likeness (QED) is 0.741. The van der Waals surface area contributed by atoms with Crippen molar-refractivity contribution in [3.05, 3.63) is 51.5 Å². The van der Waals surface area contributed by atoms with Crippen LogP contribution in [0.1, 0.15) is 0 Å². The summed E-state index contributed by atoms with van der Waals surface area (Å²) in [6.45, 7) is 0. The molecule has 0 aliphatic heterocycles. The van der Waals surface area contributed by atoms with Crippen LogP contribution in [0.15, 0.2) is 36.4 Å². The molecule has 0 N–H and O–H groups in total. The molecule has 0 spiro atoms. The highest BCUT2D eigenvalue weighted by atomic mass is 35.5. The fourth-order valence-corrected chi connectivity index (χ4v) is 2.09. The molecule has 0 aliphatic carbocycles. The average molecular weight is 317 g/mol. The Morgan fingerprint density at radius 1 is 0.842 bits per heavy atom. The molecule has 0 fully saturated rings. The van der Waals surface area contributed by atoms with E-state index in [0.29, 0.717) is 26.6 Å². The van der Waals surface area contributed by atoms with Gasteiger partial charge in [-0.2, -0.15) is 0 Å². The normalized spacial score (nSPS) is 10.4.